The van der Waals surface area contributed by atoms with Crippen molar-refractivity contribution < 1.29 is 0 Å². The topological polar surface area (TPSA) is 75.1 Å². The fraction of sp³-hybridized carbons (Fsp3) is 0.100. The molecule has 0 unspecified atom stereocenters. The molecular formula is C10H8BrN5OS. The van der Waals surface area contributed by atoms with Gasteiger partial charge < -0.3 is 5.32 Å². The van der Waals surface area contributed by atoms with Crippen molar-refractivity contribution in [2.45, 2.75) is 6.54 Å². The number of nitrogens with one attached hydrogen (secondary N) is 2. The summed E-state index contributed by atoms with van der Waals surface area (Å²) in [5, 5.41) is 13.5. The molecular weight excluding hydrogens is 318 g/mol. The maximum absolute atomic E-state index is 11.4. The van der Waals surface area contributed by atoms with E-state index in [2.05, 4.69) is 36.5 Å². The third-order valence-corrected chi connectivity index (χ3v) is 3.97. The van der Waals surface area contributed by atoms with Gasteiger partial charge in [0.1, 0.15) is 5.82 Å². The van der Waals surface area contributed by atoms with E-state index in [-0.39, 0.29) is 5.69 Å². The Labute approximate surface area is 114 Å². The molecule has 8 heteroatoms. The Bertz CT molecular complexity index is 746. The van der Waals surface area contributed by atoms with Gasteiger partial charge in [0, 0.05) is 4.88 Å². The summed E-state index contributed by atoms with van der Waals surface area (Å²) in [6.45, 7) is 0.668. The predicted octanol–water partition coefficient (Wildman–Crippen LogP) is 1.85. The van der Waals surface area contributed by atoms with Gasteiger partial charge >= 0.3 is 5.69 Å². The molecule has 0 saturated heterocycles. The standard InChI is InChI=1S/C10H8BrN5OS/c11-7-2-1-6(18-7)5-12-8-3-4-9-13-14-10(17)16(9)15-8/h1-4H,5H2,(H,12,15)(H,14,17). The Kier molecular flexibility index (Phi) is 2.88. The first kappa shape index (κ1) is 11.4. The van der Waals surface area contributed by atoms with Crippen LogP contribution >= 0.6 is 27.3 Å². The Morgan fingerprint density at radius 1 is 1.39 bits per heavy atom. The molecule has 6 nitrogen and oxygen atoms in total. The zero-order valence-corrected chi connectivity index (χ0v) is 11.5. The monoisotopic (exact) mass is 325 g/mol. The SMILES string of the molecule is O=c1[nH]nc2ccc(NCc3ccc(Br)s3)nn12. The van der Waals surface area contributed by atoms with Gasteiger partial charge in [-0.3, -0.25) is 0 Å². The number of hydrogen-bond donors (Lipinski definition) is 2. The van der Waals surface area contributed by atoms with Crippen molar-refractivity contribution in [2.75, 3.05) is 5.32 Å². The molecule has 0 aliphatic carbocycles. The number of fused-ring (bicyclic) bond motifs is 1. The molecule has 0 saturated carbocycles. The second-order valence-corrected chi connectivity index (χ2v) is 6.12. The van der Waals surface area contributed by atoms with Gasteiger partial charge in [-0.2, -0.15) is 9.61 Å². The highest BCUT2D eigenvalue weighted by atomic mass is 79.9. The first-order valence-corrected chi connectivity index (χ1v) is 6.76. The summed E-state index contributed by atoms with van der Waals surface area (Å²) in [4.78, 5) is 12.5. The number of anilines is 1. The minimum absolute atomic E-state index is 0.340. The number of rotatable bonds is 3. The van der Waals surface area contributed by atoms with Crippen LogP contribution in [-0.4, -0.2) is 19.8 Å². The third kappa shape index (κ3) is 2.16. The number of aromatic amines is 1. The van der Waals surface area contributed by atoms with E-state index in [1.54, 1.807) is 23.5 Å². The minimum atomic E-state index is -0.340. The van der Waals surface area contributed by atoms with Crippen LogP contribution in [0.4, 0.5) is 5.82 Å². The minimum Gasteiger partial charge on any atom is -0.364 e. The van der Waals surface area contributed by atoms with Gasteiger partial charge in [0.15, 0.2) is 5.65 Å². The van der Waals surface area contributed by atoms with Gasteiger partial charge in [0.05, 0.1) is 10.3 Å². The van der Waals surface area contributed by atoms with E-state index in [9.17, 15) is 4.79 Å². The highest BCUT2D eigenvalue weighted by molar-refractivity contribution is 9.11. The van der Waals surface area contributed by atoms with Crippen molar-refractivity contribution in [2.24, 2.45) is 0 Å². The van der Waals surface area contributed by atoms with Crippen LogP contribution in [0.5, 0.6) is 0 Å². The smallest absolute Gasteiger partial charge is 0.364 e. The molecule has 0 radical (unpaired) electrons. The van der Waals surface area contributed by atoms with Crippen molar-refractivity contribution in [1.82, 2.24) is 19.8 Å². The molecule has 0 amide bonds. The van der Waals surface area contributed by atoms with Crippen molar-refractivity contribution in [3.05, 3.63) is 43.4 Å². The summed E-state index contributed by atoms with van der Waals surface area (Å²) < 4.78 is 2.32. The Morgan fingerprint density at radius 2 is 2.28 bits per heavy atom. The van der Waals surface area contributed by atoms with Crippen LogP contribution < -0.4 is 11.0 Å². The average molecular weight is 326 g/mol. The Morgan fingerprint density at radius 3 is 3.06 bits per heavy atom. The lowest BCUT2D eigenvalue weighted by Gasteiger charge is -2.02. The van der Waals surface area contributed by atoms with Crippen LogP contribution in [0, 0.1) is 0 Å². The third-order valence-electron chi connectivity index (χ3n) is 2.35. The van der Waals surface area contributed by atoms with Crippen LogP contribution in [0.25, 0.3) is 5.65 Å². The molecule has 0 aliphatic rings. The van der Waals surface area contributed by atoms with Crippen LogP contribution in [0.15, 0.2) is 32.8 Å². The van der Waals surface area contributed by atoms with E-state index < -0.39 is 0 Å². The largest absolute Gasteiger partial charge is 0.364 e. The van der Waals surface area contributed by atoms with Gasteiger partial charge in [-0.15, -0.1) is 16.4 Å². The summed E-state index contributed by atoms with van der Waals surface area (Å²) in [7, 11) is 0. The number of thiophene rings is 1. The fourth-order valence-corrected chi connectivity index (χ4v) is 2.94. The van der Waals surface area contributed by atoms with Gasteiger partial charge in [0.2, 0.25) is 0 Å². The van der Waals surface area contributed by atoms with Gasteiger partial charge in [-0.25, -0.2) is 9.89 Å². The number of halogens is 1. The van der Waals surface area contributed by atoms with Crippen LogP contribution in [-0.2, 0) is 6.54 Å². The fourth-order valence-electron chi connectivity index (χ4n) is 1.52. The van der Waals surface area contributed by atoms with E-state index in [1.165, 1.54) is 9.39 Å². The lowest BCUT2D eigenvalue weighted by atomic mass is 10.4. The molecule has 3 heterocycles. The van der Waals surface area contributed by atoms with E-state index in [4.69, 9.17) is 0 Å². The summed E-state index contributed by atoms with van der Waals surface area (Å²) >= 11 is 5.07. The first-order valence-electron chi connectivity index (χ1n) is 5.15. The average Bonchev–Trinajstić information content (AvgIpc) is 2.94. The van der Waals surface area contributed by atoms with Crippen molar-refractivity contribution in [1.29, 1.82) is 0 Å². The number of H-pyrrole nitrogens is 1. The van der Waals surface area contributed by atoms with Gasteiger partial charge in [0.25, 0.3) is 0 Å². The van der Waals surface area contributed by atoms with E-state index in [1.807, 2.05) is 12.1 Å². The molecule has 0 aliphatic heterocycles. The zero-order chi connectivity index (χ0) is 12.5. The molecule has 0 fully saturated rings. The summed E-state index contributed by atoms with van der Waals surface area (Å²) in [6, 6.07) is 7.55. The molecule has 0 aromatic carbocycles. The van der Waals surface area contributed by atoms with E-state index in [0.717, 1.165) is 3.79 Å². The molecule has 3 aromatic rings. The highest BCUT2D eigenvalue weighted by Gasteiger charge is 2.03. The molecule has 2 N–H and O–H groups in total. The molecule has 3 aromatic heterocycles. The summed E-state index contributed by atoms with van der Waals surface area (Å²) in [5.74, 6) is 0.635. The predicted molar refractivity (Wildman–Crippen MR) is 73.0 cm³/mol. The lowest BCUT2D eigenvalue weighted by molar-refractivity contribution is 0.876. The molecule has 3 rings (SSSR count). The van der Waals surface area contributed by atoms with Crippen LogP contribution in [0.1, 0.15) is 4.88 Å². The summed E-state index contributed by atoms with van der Waals surface area (Å²) in [6.07, 6.45) is 0. The normalized spacial score (nSPS) is 10.9. The van der Waals surface area contributed by atoms with Gasteiger partial charge in [-0.1, -0.05) is 0 Å². The zero-order valence-electron chi connectivity index (χ0n) is 9.05. The van der Waals surface area contributed by atoms with Crippen molar-refractivity contribution in [3.8, 4) is 0 Å². The Hall–Kier alpha value is -1.67. The van der Waals surface area contributed by atoms with Crippen LogP contribution in [0.3, 0.4) is 0 Å². The van der Waals surface area contributed by atoms with Crippen LogP contribution in [0.2, 0.25) is 0 Å². The van der Waals surface area contributed by atoms with Gasteiger partial charge in [-0.05, 0) is 40.2 Å². The maximum Gasteiger partial charge on any atom is 0.364 e. The van der Waals surface area contributed by atoms with Crippen molar-refractivity contribution in [3.63, 3.8) is 0 Å². The van der Waals surface area contributed by atoms with E-state index >= 15 is 0 Å². The van der Waals surface area contributed by atoms with Crippen molar-refractivity contribution >= 4 is 38.7 Å². The summed E-state index contributed by atoms with van der Waals surface area (Å²) in [5.41, 5.74) is 0.164. The Balaban J connectivity index is 1.82. The number of hydrogen-bond acceptors (Lipinski definition) is 5. The second-order valence-electron chi connectivity index (χ2n) is 3.58. The highest BCUT2D eigenvalue weighted by Crippen LogP contribution is 2.22. The first-order chi connectivity index (χ1) is 8.72. The second kappa shape index (κ2) is 4.54. The molecule has 92 valence electrons. The maximum atomic E-state index is 11.4. The quantitative estimate of drug-likeness (QED) is 0.770. The number of nitrogens with zero attached hydrogens (tertiary/aromatic N) is 3. The molecule has 18 heavy (non-hydrogen) atoms. The van der Waals surface area contributed by atoms with E-state index in [0.29, 0.717) is 18.0 Å². The molecule has 0 atom stereocenters. The number of aromatic nitrogens is 4. The lowest BCUT2D eigenvalue weighted by Crippen LogP contribution is -2.13. The molecule has 0 spiro atoms. The molecule has 0 bridgehead atoms.